The molecule has 1 saturated heterocycles. The lowest BCUT2D eigenvalue weighted by Gasteiger charge is -2.20. The zero-order chi connectivity index (χ0) is 18.6. The van der Waals surface area contributed by atoms with E-state index in [0.717, 1.165) is 57.7 Å². The van der Waals surface area contributed by atoms with Crippen molar-refractivity contribution in [2.75, 3.05) is 38.7 Å². The van der Waals surface area contributed by atoms with Crippen LogP contribution < -0.4 is 15.5 Å². The Kier molecular flexibility index (Phi) is 11.9. The third-order valence-corrected chi connectivity index (χ3v) is 4.70. The summed E-state index contributed by atoms with van der Waals surface area (Å²) in [5.74, 6) is 0.758. The highest BCUT2D eigenvalue weighted by Crippen LogP contribution is 2.19. The van der Waals surface area contributed by atoms with Gasteiger partial charge in [-0.25, -0.2) is 0 Å². The van der Waals surface area contributed by atoms with Gasteiger partial charge in [-0.05, 0) is 31.4 Å². The van der Waals surface area contributed by atoms with Crippen LogP contribution in [0.25, 0.3) is 0 Å². The smallest absolute Gasteiger partial charge is 0.305 e. The molecule has 0 aliphatic carbocycles. The molecule has 1 heterocycles. The number of para-hydroxylation sites is 1. The number of carbonyl (C=O) groups excluding carboxylic acids is 1. The van der Waals surface area contributed by atoms with E-state index in [1.807, 2.05) is 7.05 Å². The zero-order valence-corrected chi connectivity index (χ0v) is 18.8. The minimum Gasteiger partial charge on any atom is -0.469 e. The first-order chi connectivity index (χ1) is 12.7. The zero-order valence-electron chi connectivity index (χ0n) is 16.4. The normalized spacial score (nSPS) is 16.6. The highest BCUT2D eigenvalue weighted by Gasteiger charge is 2.23. The predicted octanol–water partition coefficient (Wildman–Crippen LogP) is 3.17. The first-order valence-electron chi connectivity index (χ1n) is 9.57. The summed E-state index contributed by atoms with van der Waals surface area (Å²) in [4.78, 5) is 17.8. The fraction of sp³-hybridized carbons (Fsp3) is 0.600. The highest BCUT2D eigenvalue weighted by molar-refractivity contribution is 14.0. The highest BCUT2D eigenvalue weighted by atomic mass is 127. The van der Waals surface area contributed by atoms with Crippen LogP contribution in [0.15, 0.2) is 35.3 Å². The molecule has 0 aromatic heterocycles. The molecule has 0 radical (unpaired) electrons. The monoisotopic (exact) mass is 488 g/mol. The van der Waals surface area contributed by atoms with Crippen molar-refractivity contribution in [1.29, 1.82) is 0 Å². The number of esters is 1. The van der Waals surface area contributed by atoms with Gasteiger partial charge in [-0.15, -0.1) is 24.0 Å². The van der Waals surface area contributed by atoms with Crippen molar-refractivity contribution in [1.82, 2.24) is 10.6 Å². The van der Waals surface area contributed by atoms with Crippen LogP contribution in [0.3, 0.4) is 0 Å². The number of benzene rings is 1. The Morgan fingerprint density at radius 2 is 1.96 bits per heavy atom. The molecule has 1 aliphatic rings. The van der Waals surface area contributed by atoms with Gasteiger partial charge in [0.2, 0.25) is 0 Å². The minimum atomic E-state index is -0.117. The summed E-state index contributed by atoms with van der Waals surface area (Å²) in [6.07, 6.45) is 5.76. The van der Waals surface area contributed by atoms with E-state index in [9.17, 15) is 4.79 Å². The SMILES string of the molecule is CN=C(NCCCCCCC(=O)OC)NC1CCN(c2ccccc2)C1.I. The molecule has 27 heavy (non-hydrogen) atoms. The Hall–Kier alpha value is -1.51. The number of methoxy groups -OCH3 is 1. The summed E-state index contributed by atoms with van der Waals surface area (Å²) in [5, 5.41) is 6.92. The largest absolute Gasteiger partial charge is 0.469 e. The number of nitrogens with one attached hydrogen (secondary N) is 2. The van der Waals surface area contributed by atoms with Crippen molar-refractivity contribution < 1.29 is 9.53 Å². The molecule has 1 aliphatic heterocycles. The van der Waals surface area contributed by atoms with Crippen molar-refractivity contribution in [2.24, 2.45) is 4.99 Å². The molecular weight excluding hydrogens is 455 g/mol. The number of nitrogens with zero attached hydrogens (tertiary/aromatic N) is 2. The van der Waals surface area contributed by atoms with E-state index in [4.69, 9.17) is 0 Å². The van der Waals surface area contributed by atoms with Crippen LogP contribution >= 0.6 is 24.0 Å². The van der Waals surface area contributed by atoms with Crippen LogP contribution in [0.2, 0.25) is 0 Å². The molecule has 6 nitrogen and oxygen atoms in total. The number of carbonyl (C=O) groups is 1. The molecule has 2 rings (SSSR count). The molecule has 1 aromatic rings. The van der Waals surface area contributed by atoms with Crippen LogP contribution in [0.1, 0.15) is 38.5 Å². The van der Waals surface area contributed by atoms with Gasteiger partial charge in [-0.3, -0.25) is 9.79 Å². The number of guanidine groups is 1. The van der Waals surface area contributed by atoms with Gasteiger partial charge in [0.25, 0.3) is 0 Å². The van der Waals surface area contributed by atoms with Gasteiger partial charge in [-0.1, -0.05) is 31.0 Å². The van der Waals surface area contributed by atoms with E-state index in [-0.39, 0.29) is 29.9 Å². The number of anilines is 1. The maximum Gasteiger partial charge on any atom is 0.305 e. The Bertz CT molecular complexity index is 568. The molecule has 1 atom stereocenters. The summed E-state index contributed by atoms with van der Waals surface area (Å²) in [7, 11) is 3.25. The first-order valence-corrected chi connectivity index (χ1v) is 9.57. The van der Waals surface area contributed by atoms with Crippen molar-refractivity contribution >= 4 is 41.6 Å². The molecule has 0 spiro atoms. The van der Waals surface area contributed by atoms with Gasteiger partial charge < -0.3 is 20.3 Å². The Balaban J connectivity index is 0.00000364. The topological polar surface area (TPSA) is 66.0 Å². The fourth-order valence-corrected chi connectivity index (χ4v) is 3.20. The van der Waals surface area contributed by atoms with Gasteiger partial charge in [0.1, 0.15) is 0 Å². The lowest BCUT2D eigenvalue weighted by atomic mass is 10.1. The second-order valence-corrected chi connectivity index (χ2v) is 6.65. The Labute approximate surface area is 180 Å². The molecular formula is C20H33IN4O2. The summed E-state index contributed by atoms with van der Waals surface area (Å²) < 4.78 is 4.64. The fourth-order valence-electron chi connectivity index (χ4n) is 3.20. The van der Waals surface area contributed by atoms with E-state index in [0.29, 0.717) is 12.5 Å². The number of hydrogen-bond acceptors (Lipinski definition) is 4. The van der Waals surface area contributed by atoms with Crippen LogP contribution in [0.5, 0.6) is 0 Å². The summed E-state index contributed by atoms with van der Waals surface area (Å²) in [5.41, 5.74) is 1.28. The molecule has 7 heteroatoms. The number of aliphatic imine (C=N–C) groups is 1. The van der Waals surface area contributed by atoms with Crippen LogP contribution in [0.4, 0.5) is 5.69 Å². The lowest BCUT2D eigenvalue weighted by molar-refractivity contribution is -0.140. The van der Waals surface area contributed by atoms with E-state index < -0.39 is 0 Å². The third-order valence-electron chi connectivity index (χ3n) is 4.70. The molecule has 1 unspecified atom stereocenters. The lowest BCUT2D eigenvalue weighted by Crippen LogP contribution is -2.44. The first kappa shape index (κ1) is 23.5. The Morgan fingerprint density at radius 1 is 1.22 bits per heavy atom. The quantitative estimate of drug-likeness (QED) is 0.184. The van der Waals surface area contributed by atoms with Gasteiger partial charge in [0, 0.05) is 44.8 Å². The van der Waals surface area contributed by atoms with Gasteiger partial charge >= 0.3 is 5.97 Å². The summed E-state index contributed by atoms with van der Waals surface area (Å²) in [6.45, 7) is 2.96. The van der Waals surface area contributed by atoms with E-state index in [2.05, 4.69) is 55.6 Å². The van der Waals surface area contributed by atoms with Crippen LogP contribution in [-0.4, -0.2) is 51.8 Å². The van der Waals surface area contributed by atoms with Crippen molar-refractivity contribution in [3.8, 4) is 0 Å². The van der Waals surface area contributed by atoms with Crippen LogP contribution in [-0.2, 0) is 9.53 Å². The predicted molar refractivity (Wildman–Crippen MR) is 122 cm³/mol. The van der Waals surface area contributed by atoms with E-state index >= 15 is 0 Å². The number of unbranched alkanes of at least 4 members (excludes halogenated alkanes) is 3. The van der Waals surface area contributed by atoms with Crippen LogP contribution in [0, 0.1) is 0 Å². The number of hydrogen-bond donors (Lipinski definition) is 2. The average Bonchev–Trinajstić information content (AvgIpc) is 3.15. The molecule has 0 saturated carbocycles. The molecule has 152 valence electrons. The summed E-state index contributed by atoms with van der Waals surface area (Å²) >= 11 is 0. The number of halogens is 1. The van der Waals surface area contributed by atoms with Crippen molar-refractivity contribution in [2.45, 2.75) is 44.6 Å². The van der Waals surface area contributed by atoms with Gasteiger partial charge in [-0.2, -0.15) is 0 Å². The number of rotatable bonds is 9. The Morgan fingerprint density at radius 3 is 2.67 bits per heavy atom. The average molecular weight is 488 g/mol. The molecule has 0 bridgehead atoms. The maximum absolute atomic E-state index is 11.0. The molecule has 1 aromatic carbocycles. The molecule has 1 fully saturated rings. The third kappa shape index (κ3) is 8.81. The van der Waals surface area contributed by atoms with Gasteiger partial charge in [0.15, 0.2) is 5.96 Å². The van der Waals surface area contributed by atoms with E-state index in [1.165, 1.54) is 12.8 Å². The minimum absolute atomic E-state index is 0. The van der Waals surface area contributed by atoms with Gasteiger partial charge in [0.05, 0.1) is 7.11 Å². The second kappa shape index (κ2) is 13.6. The second-order valence-electron chi connectivity index (χ2n) is 6.65. The van der Waals surface area contributed by atoms with Crippen molar-refractivity contribution in [3.05, 3.63) is 30.3 Å². The maximum atomic E-state index is 11.0. The van der Waals surface area contributed by atoms with Crippen molar-refractivity contribution in [3.63, 3.8) is 0 Å². The number of ether oxygens (including phenoxy) is 1. The summed E-state index contributed by atoms with van der Waals surface area (Å²) in [6, 6.07) is 11.0. The standard InChI is InChI=1S/C20H32N4O2.HI/c1-21-20(22-14-9-4-3-8-12-19(25)26-2)23-17-13-15-24(16-17)18-10-6-5-7-11-18;/h5-7,10-11,17H,3-4,8-9,12-16H2,1-2H3,(H2,21,22,23);1H. The molecule has 2 N–H and O–H groups in total. The van der Waals surface area contributed by atoms with E-state index in [1.54, 1.807) is 0 Å². The molecule has 0 amide bonds.